The molecule has 4 aromatic rings. The summed E-state index contributed by atoms with van der Waals surface area (Å²) < 4.78 is 4.75. The second kappa shape index (κ2) is 6.88. The first-order valence-corrected chi connectivity index (χ1v) is 9.41. The minimum atomic E-state index is 1.18. The fraction of sp³-hybridized carbons (Fsp3) is 0.160. The number of fused-ring (bicyclic) bond motifs is 1. The number of benzene rings is 3. The van der Waals surface area contributed by atoms with Crippen molar-refractivity contribution in [3.8, 4) is 5.69 Å². The van der Waals surface area contributed by atoms with E-state index in [0.717, 1.165) is 0 Å². The van der Waals surface area contributed by atoms with E-state index in [2.05, 4.69) is 116 Å². The summed E-state index contributed by atoms with van der Waals surface area (Å²) in [6, 6.07) is 27.9. The maximum Gasteiger partial charge on any atom is 0.264 e. The van der Waals surface area contributed by atoms with Crippen molar-refractivity contribution in [1.29, 1.82) is 0 Å². The van der Waals surface area contributed by atoms with Gasteiger partial charge in [-0.15, -0.1) is 0 Å². The van der Waals surface area contributed by atoms with Crippen LogP contribution in [0.4, 0.5) is 0 Å². The summed E-state index contributed by atoms with van der Waals surface area (Å²) in [6.07, 6.45) is 0. The largest absolute Gasteiger partial charge is 0.264 e. The van der Waals surface area contributed by atoms with Crippen LogP contribution in [0.25, 0.3) is 22.4 Å². The Hall–Kier alpha value is -3.13. The lowest BCUT2D eigenvalue weighted by Crippen LogP contribution is -2.36. The van der Waals surface area contributed by atoms with Crippen molar-refractivity contribution in [2.75, 3.05) is 0 Å². The van der Waals surface area contributed by atoms with Gasteiger partial charge in [-0.25, -0.2) is 0 Å². The van der Waals surface area contributed by atoms with Gasteiger partial charge < -0.3 is 0 Å². The summed E-state index contributed by atoms with van der Waals surface area (Å²) >= 11 is 0. The van der Waals surface area contributed by atoms with Crippen LogP contribution < -0.4 is 4.57 Å². The molecule has 0 bridgehead atoms. The molecule has 0 aliphatic carbocycles. The van der Waals surface area contributed by atoms with Crippen molar-refractivity contribution < 1.29 is 4.57 Å². The number of rotatable bonds is 3. The molecule has 4 rings (SSSR count). The second-order valence-corrected chi connectivity index (χ2v) is 7.21. The Balaban J connectivity index is 2.10. The van der Waals surface area contributed by atoms with Gasteiger partial charge >= 0.3 is 0 Å². The molecule has 2 heteroatoms. The molecular formula is C25H25N2+. The van der Waals surface area contributed by atoms with Crippen LogP contribution in [-0.4, -0.2) is 4.57 Å². The van der Waals surface area contributed by atoms with Crippen LogP contribution in [0, 0.1) is 13.8 Å². The average Bonchev–Trinajstić information content (AvgIpc) is 2.96. The summed E-state index contributed by atoms with van der Waals surface area (Å²) in [6.45, 7) is 8.78. The van der Waals surface area contributed by atoms with Gasteiger partial charge in [0, 0.05) is 12.5 Å². The molecule has 0 fully saturated rings. The van der Waals surface area contributed by atoms with E-state index >= 15 is 0 Å². The molecule has 0 saturated carbocycles. The van der Waals surface area contributed by atoms with Crippen molar-refractivity contribution >= 4 is 16.7 Å². The maximum atomic E-state index is 2.40. The van der Waals surface area contributed by atoms with E-state index in [4.69, 9.17) is 0 Å². The van der Waals surface area contributed by atoms with E-state index in [1.54, 1.807) is 0 Å². The van der Waals surface area contributed by atoms with Crippen molar-refractivity contribution in [3.63, 3.8) is 0 Å². The zero-order valence-electron chi connectivity index (χ0n) is 16.4. The molecule has 0 N–H and O–H groups in total. The summed E-state index contributed by atoms with van der Waals surface area (Å²) in [7, 11) is 0. The van der Waals surface area contributed by atoms with Crippen LogP contribution in [0.1, 0.15) is 30.8 Å². The number of nitrogens with zero attached hydrogens (tertiary/aromatic N) is 2. The fourth-order valence-corrected chi connectivity index (χ4v) is 3.93. The number of allylic oxidation sites excluding steroid dienone is 1. The van der Waals surface area contributed by atoms with Crippen LogP contribution in [0.2, 0.25) is 0 Å². The number of aryl methyl sites for hydroxylation is 1. The highest BCUT2D eigenvalue weighted by Crippen LogP contribution is 2.26. The first kappa shape index (κ1) is 17.3. The second-order valence-electron chi connectivity index (χ2n) is 7.21. The standard InChI is InChI=1S/C25H25N2/c1-18(2)25(22-15-9-8-12-19(22)3)27-20(4)26(21-13-6-5-7-14-21)23-16-10-11-17-24(23)27/h5-17H,1-4H3/q+1. The van der Waals surface area contributed by atoms with Gasteiger partial charge in [0.25, 0.3) is 5.82 Å². The van der Waals surface area contributed by atoms with E-state index in [1.807, 2.05) is 0 Å². The SMILES string of the molecule is CC(C)=C(c1ccccc1C)[n+]1c(C)n(-c2ccccc2)c2ccccc21. The Bertz CT molecular complexity index is 1140. The number of hydrogen-bond donors (Lipinski definition) is 0. The number of aromatic nitrogens is 2. The highest BCUT2D eigenvalue weighted by molar-refractivity contribution is 5.78. The Morgan fingerprint density at radius 1 is 0.741 bits per heavy atom. The third-order valence-electron chi connectivity index (χ3n) is 5.12. The minimum absolute atomic E-state index is 1.18. The van der Waals surface area contributed by atoms with E-state index in [0.29, 0.717) is 0 Å². The summed E-state index contributed by atoms with van der Waals surface area (Å²) in [5, 5.41) is 0. The molecule has 1 aromatic heterocycles. The normalized spacial score (nSPS) is 11.0. The molecule has 0 spiro atoms. The summed E-state index contributed by atoms with van der Waals surface area (Å²) in [5.74, 6) is 1.20. The first-order chi connectivity index (χ1) is 13.1. The molecule has 134 valence electrons. The van der Waals surface area contributed by atoms with Gasteiger partial charge in [0.2, 0.25) is 0 Å². The average molecular weight is 353 g/mol. The Morgan fingerprint density at radius 2 is 1.37 bits per heavy atom. The van der Waals surface area contributed by atoms with Gasteiger partial charge in [0.15, 0.2) is 11.0 Å². The Kier molecular flexibility index (Phi) is 4.41. The molecule has 0 radical (unpaired) electrons. The number of imidazole rings is 1. The van der Waals surface area contributed by atoms with Gasteiger partial charge in [-0.3, -0.25) is 0 Å². The summed E-state index contributed by atoms with van der Waals surface area (Å²) in [4.78, 5) is 0. The van der Waals surface area contributed by atoms with E-state index in [9.17, 15) is 0 Å². The minimum Gasteiger partial charge on any atom is -0.192 e. The molecular weight excluding hydrogens is 328 g/mol. The van der Waals surface area contributed by atoms with Crippen LogP contribution in [-0.2, 0) is 0 Å². The van der Waals surface area contributed by atoms with Crippen molar-refractivity contribution in [2.24, 2.45) is 0 Å². The predicted octanol–water partition coefficient (Wildman–Crippen LogP) is 5.83. The summed E-state index contributed by atoms with van der Waals surface area (Å²) in [5.41, 5.74) is 8.75. The van der Waals surface area contributed by atoms with E-state index in [-0.39, 0.29) is 0 Å². The zero-order chi connectivity index (χ0) is 19.0. The molecule has 0 atom stereocenters. The molecule has 2 nitrogen and oxygen atoms in total. The highest BCUT2D eigenvalue weighted by atomic mass is 15.2. The monoisotopic (exact) mass is 353 g/mol. The van der Waals surface area contributed by atoms with Gasteiger partial charge in [-0.2, -0.15) is 9.13 Å². The van der Waals surface area contributed by atoms with Gasteiger partial charge in [-0.1, -0.05) is 54.6 Å². The van der Waals surface area contributed by atoms with Crippen LogP contribution in [0.3, 0.4) is 0 Å². The van der Waals surface area contributed by atoms with E-state index in [1.165, 1.54) is 44.9 Å². The lowest BCUT2D eigenvalue weighted by atomic mass is 10.0. The smallest absolute Gasteiger partial charge is 0.192 e. The van der Waals surface area contributed by atoms with Crippen LogP contribution in [0.15, 0.2) is 84.4 Å². The zero-order valence-corrected chi connectivity index (χ0v) is 16.4. The van der Waals surface area contributed by atoms with E-state index < -0.39 is 0 Å². The Labute approximate surface area is 161 Å². The van der Waals surface area contributed by atoms with Gasteiger partial charge in [0.05, 0.1) is 0 Å². The highest BCUT2D eigenvalue weighted by Gasteiger charge is 2.27. The fourth-order valence-electron chi connectivity index (χ4n) is 3.93. The molecule has 27 heavy (non-hydrogen) atoms. The van der Waals surface area contributed by atoms with Crippen LogP contribution >= 0.6 is 0 Å². The van der Waals surface area contributed by atoms with Gasteiger partial charge in [-0.05, 0) is 56.2 Å². The predicted molar refractivity (Wildman–Crippen MR) is 113 cm³/mol. The number of para-hydroxylation sites is 3. The lowest BCUT2D eigenvalue weighted by Gasteiger charge is -2.11. The van der Waals surface area contributed by atoms with Crippen molar-refractivity contribution in [3.05, 3.63) is 101 Å². The first-order valence-electron chi connectivity index (χ1n) is 9.41. The van der Waals surface area contributed by atoms with Crippen molar-refractivity contribution in [2.45, 2.75) is 27.7 Å². The van der Waals surface area contributed by atoms with Crippen LogP contribution in [0.5, 0.6) is 0 Å². The maximum absolute atomic E-state index is 2.40. The third kappa shape index (κ3) is 2.87. The Morgan fingerprint density at radius 3 is 2.07 bits per heavy atom. The molecule has 0 aliphatic rings. The topological polar surface area (TPSA) is 8.81 Å². The molecule has 0 unspecified atom stereocenters. The van der Waals surface area contributed by atoms with Crippen molar-refractivity contribution in [1.82, 2.24) is 4.57 Å². The third-order valence-corrected chi connectivity index (χ3v) is 5.12. The number of hydrogen-bond acceptors (Lipinski definition) is 0. The quantitative estimate of drug-likeness (QED) is 0.410. The molecule has 0 aliphatic heterocycles. The molecule has 3 aromatic carbocycles. The molecule has 0 saturated heterocycles. The lowest BCUT2D eigenvalue weighted by molar-refractivity contribution is -0.559. The molecule has 1 heterocycles. The molecule has 0 amide bonds. The van der Waals surface area contributed by atoms with Gasteiger partial charge in [0.1, 0.15) is 11.4 Å².